The Morgan fingerprint density at radius 3 is 2.50 bits per heavy atom. The zero-order valence-corrected chi connectivity index (χ0v) is 16.5. The van der Waals surface area contributed by atoms with E-state index in [-0.39, 0.29) is 0 Å². The average molecular weight is 378 g/mol. The fourth-order valence-corrected chi connectivity index (χ4v) is 4.06. The van der Waals surface area contributed by atoms with Gasteiger partial charge >= 0.3 is 0 Å². The minimum atomic E-state index is 0.365. The molecule has 0 unspecified atom stereocenters. The number of nitrogens with zero attached hydrogens (tertiary/aromatic N) is 8. The highest BCUT2D eigenvalue weighted by Crippen LogP contribution is 2.35. The molecule has 0 bridgehead atoms. The summed E-state index contributed by atoms with van der Waals surface area (Å²) in [5.41, 5.74) is 0.809. The van der Waals surface area contributed by atoms with Crippen LogP contribution in [0.1, 0.15) is 55.6 Å². The second-order valence-corrected chi connectivity index (χ2v) is 8.08. The summed E-state index contributed by atoms with van der Waals surface area (Å²) in [4.78, 5) is 13.7. The molecule has 8 heteroatoms. The molecule has 1 aliphatic heterocycles. The van der Waals surface area contributed by atoms with E-state index in [1.54, 1.807) is 0 Å². The van der Waals surface area contributed by atoms with Crippen LogP contribution in [0.5, 0.6) is 0 Å². The van der Waals surface area contributed by atoms with Crippen LogP contribution >= 0.6 is 0 Å². The molecule has 28 heavy (non-hydrogen) atoms. The van der Waals surface area contributed by atoms with E-state index < -0.39 is 0 Å². The van der Waals surface area contributed by atoms with Gasteiger partial charge in [-0.1, -0.05) is 6.42 Å². The number of hydrogen-bond donors (Lipinski definition) is 0. The minimum absolute atomic E-state index is 0.365. The molecule has 4 heterocycles. The van der Waals surface area contributed by atoms with Crippen LogP contribution in [0.3, 0.4) is 0 Å². The van der Waals surface area contributed by atoms with Gasteiger partial charge in [-0.15, -0.1) is 15.3 Å². The summed E-state index contributed by atoms with van der Waals surface area (Å²) in [6.07, 6.45) is 7.73. The number of piperidine rings is 1. The Kier molecular flexibility index (Phi) is 4.33. The quantitative estimate of drug-likeness (QED) is 0.691. The van der Waals surface area contributed by atoms with Crippen molar-refractivity contribution in [3.8, 4) is 0 Å². The van der Waals surface area contributed by atoms with Gasteiger partial charge in [0.1, 0.15) is 17.5 Å². The van der Waals surface area contributed by atoms with E-state index in [1.165, 1.54) is 19.3 Å². The Bertz CT molecular complexity index is 969. The van der Waals surface area contributed by atoms with Crippen molar-refractivity contribution in [2.45, 2.75) is 43.9 Å². The highest BCUT2D eigenvalue weighted by Gasteiger charge is 2.27. The van der Waals surface area contributed by atoms with E-state index >= 15 is 0 Å². The maximum absolute atomic E-state index is 4.85. The first-order valence-electron chi connectivity index (χ1n) is 10.2. The lowest BCUT2D eigenvalue weighted by Crippen LogP contribution is -2.34. The summed E-state index contributed by atoms with van der Waals surface area (Å²) >= 11 is 0. The third-order valence-electron chi connectivity index (χ3n) is 6.04. The normalized spacial score (nSPS) is 18.4. The standard InChI is InChI=1S/C20H26N8/c1-26(2)18-7-6-17-23-24-20(28(17)25-18)15-9-12-27(13-10-15)16-8-11-21-19(22-16)14-4-3-5-14/h6-8,11,14-15H,3-5,9-10,12-13H2,1-2H3. The Balaban J connectivity index is 1.32. The van der Waals surface area contributed by atoms with Gasteiger partial charge in [0.15, 0.2) is 11.5 Å². The van der Waals surface area contributed by atoms with E-state index in [0.29, 0.717) is 11.8 Å². The van der Waals surface area contributed by atoms with Gasteiger partial charge in [0.05, 0.1) is 0 Å². The first-order chi connectivity index (χ1) is 13.7. The Morgan fingerprint density at radius 2 is 1.79 bits per heavy atom. The minimum Gasteiger partial charge on any atom is -0.361 e. The maximum Gasteiger partial charge on any atom is 0.178 e. The first kappa shape index (κ1) is 17.3. The lowest BCUT2D eigenvalue weighted by atomic mass is 9.85. The molecule has 5 rings (SSSR count). The highest BCUT2D eigenvalue weighted by molar-refractivity contribution is 5.45. The van der Waals surface area contributed by atoms with Crippen molar-refractivity contribution in [3.05, 3.63) is 36.0 Å². The van der Waals surface area contributed by atoms with Crippen molar-refractivity contribution >= 4 is 17.3 Å². The van der Waals surface area contributed by atoms with E-state index in [4.69, 9.17) is 10.1 Å². The van der Waals surface area contributed by atoms with E-state index in [0.717, 1.165) is 54.9 Å². The van der Waals surface area contributed by atoms with Crippen LogP contribution in [0.2, 0.25) is 0 Å². The molecule has 1 aliphatic carbocycles. The largest absolute Gasteiger partial charge is 0.361 e. The molecular weight excluding hydrogens is 352 g/mol. The molecular formula is C20H26N8. The van der Waals surface area contributed by atoms with Gasteiger partial charge in [0.25, 0.3) is 0 Å². The van der Waals surface area contributed by atoms with Gasteiger partial charge in [0, 0.05) is 45.2 Å². The Labute approximate surface area is 164 Å². The first-order valence-corrected chi connectivity index (χ1v) is 10.2. The van der Waals surface area contributed by atoms with Gasteiger partial charge in [-0.2, -0.15) is 4.52 Å². The fourth-order valence-electron chi connectivity index (χ4n) is 4.06. The predicted molar refractivity (Wildman–Crippen MR) is 108 cm³/mol. The summed E-state index contributed by atoms with van der Waals surface area (Å²) in [6.45, 7) is 1.93. The number of aromatic nitrogens is 6. The SMILES string of the molecule is CN(C)c1ccc2nnc(C3CCN(c4ccnc(C5CCC5)n4)CC3)n2n1. The molecule has 3 aromatic heterocycles. The van der Waals surface area contributed by atoms with Crippen molar-refractivity contribution < 1.29 is 0 Å². The summed E-state index contributed by atoms with van der Waals surface area (Å²) in [5, 5.41) is 13.5. The van der Waals surface area contributed by atoms with Gasteiger partial charge in [0.2, 0.25) is 0 Å². The fraction of sp³-hybridized carbons (Fsp3) is 0.550. The van der Waals surface area contributed by atoms with Crippen LogP contribution in [0.4, 0.5) is 11.6 Å². The van der Waals surface area contributed by atoms with E-state index in [2.05, 4.69) is 20.1 Å². The topological polar surface area (TPSA) is 75.3 Å². The zero-order chi connectivity index (χ0) is 19.1. The molecule has 0 atom stereocenters. The second-order valence-electron chi connectivity index (χ2n) is 8.08. The monoisotopic (exact) mass is 378 g/mol. The molecule has 0 spiro atoms. The van der Waals surface area contributed by atoms with Gasteiger partial charge < -0.3 is 9.80 Å². The molecule has 146 valence electrons. The molecule has 0 aromatic carbocycles. The molecule has 2 fully saturated rings. The third-order valence-corrected chi connectivity index (χ3v) is 6.04. The molecule has 2 aliphatic rings. The van der Waals surface area contributed by atoms with Gasteiger partial charge in [-0.05, 0) is 43.9 Å². The lowest BCUT2D eigenvalue weighted by Gasteiger charge is -2.32. The highest BCUT2D eigenvalue weighted by atomic mass is 15.4. The van der Waals surface area contributed by atoms with Crippen molar-refractivity contribution in [1.29, 1.82) is 0 Å². The third kappa shape index (κ3) is 3.06. The second kappa shape index (κ2) is 7.00. The average Bonchev–Trinajstić information content (AvgIpc) is 3.10. The Morgan fingerprint density at radius 1 is 0.964 bits per heavy atom. The summed E-state index contributed by atoms with van der Waals surface area (Å²) in [7, 11) is 3.99. The van der Waals surface area contributed by atoms with Crippen LogP contribution in [-0.2, 0) is 0 Å². The van der Waals surface area contributed by atoms with Crippen molar-refractivity contribution in [2.24, 2.45) is 0 Å². The summed E-state index contributed by atoms with van der Waals surface area (Å²) < 4.78 is 1.91. The van der Waals surface area contributed by atoms with E-state index in [9.17, 15) is 0 Å². The predicted octanol–water partition coefficient (Wildman–Crippen LogP) is 2.63. The smallest absolute Gasteiger partial charge is 0.178 e. The Hall–Kier alpha value is -2.77. The van der Waals surface area contributed by atoms with Crippen LogP contribution in [0.15, 0.2) is 24.4 Å². The van der Waals surface area contributed by atoms with E-state index in [1.807, 2.05) is 47.9 Å². The molecule has 0 N–H and O–H groups in total. The molecule has 1 saturated carbocycles. The van der Waals surface area contributed by atoms with Crippen molar-refractivity contribution in [3.63, 3.8) is 0 Å². The van der Waals surface area contributed by atoms with Crippen LogP contribution in [0.25, 0.3) is 5.65 Å². The summed E-state index contributed by atoms with van der Waals surface area (Å²) in [6, 6.07) is 6.00. The molecule has 8 nitrogen and oxygen atoms in total. The zero-order valence-electron chi connectivity index (χ0n) is 16.5. The molecule has 0 radical (unpaired) electrons. The number of hydrogen-bond acceptors (Lipinski definition) is 7. The van der Waals surface area contributed by atoms with Crippen LogP contribution < -0.4 is 9.80 Å². The van der Waals surface area contributed by atoms with Crippen LogP contribution in [0, 0.1) is 0 Å². The number of rotatable bonds is 4. The summed E-state index contributed by atoms with van der Waals surface area (Å²) in [5.74, 6) is 4.90. The molecule has 3 aromatic rings. The van der Waals surface area contributed by atoms with Gasteiger partial charge in [-0.3, -0.25) is 0 Å². The molecule has 0 amide bonds. The van der Waals surface area contributed by atoms with Crippen LogP contribution in [-0.4, -0.2) is 57.0 Å². The van der Waals surface area contributed by atoms with Crippen molar-refractivity contribution in [1.82, 2.24) is 29.8 Å². The number of fused-ring (bicyclic) bond motifs is 1. The molecule has 1 saturated heterocycles. The van der Waals surface area contributed by atoms with Crippen molar-refractivity contribution in [2.75, 3.05) is 37.0 Å². The number of anilines is 2. The lowest BCUT2D eigenvalue weighted by molar-refractivity contribution is 0.400. The van der Waals surface area contributed by atoms with Gasteiger partial charge in [-0.25, -0.2) is 9.97 Å². The maximum atomic E-state index is 4.85.